The third kappa shape index (κ3) is 2.31. The molecule has 0 unspecified atom stereocenters. The maximum atomic E-state index is 11.8. The number of carbonyl (C=O) groups excluding carboxylic acids is 2. The van der Waals surface area contributed by atoms with Crippen molar-refractivity contribution < 1.29 is 9.59 Å². The van der Waals surface area contributed by atoms with Crippen LogP contribution in [0.2, 0.25) is 0 Å². The molecular formula is C19H24N2O2. The number of nitrogens with zero attached hydrogens (tertiary/aromatic N) is 2. The molecule has 23 heavy (non-hydrogen) atoms. The maximum absolute atomic E-state index is 11.8. The minimum Gasteiger partial charge on any atom is -0.291 e. The predicted octanol–water partition coefficient (Wildman–Crippen LogP) is 2.54. The molecule has 0 bridgehead atoms. The van der Waals surface area contributed by atoms with Crippen molar-refractivity contribution in [1.82, 2.24) is 9.80 Å². The summed E-state index contributed by atoms with van der Waals surface area (Å²) in [5, 5.41) is 0. The Labute approximate surface area is 137 Å². The predicted molar refractivity (Wildman–Crippen MR) is 87.6 cm³/mol. The zero-order valence-electron chi connectivity index (χ0n) is 13.5. The summed E-state index contributed by atoms with van der Waals surface area (Å²) >= 11 is 0. The highest BCUT2D eigenvalue weighted by atomic mass is 16.2. The second-order valence-electron chi connectivity index (χ2n) is 7.12. The van der Waals surface area contributed by atoms with Gasteiger partial charge in [0.1, 0.15) is 0 Å². The van der Waals surface area contributed by atoms with Gasteiger partial charge < -0.3 is 0 Å². The molecule has 2 amide bonds. The van der Waals surface area contributed by atoms with E-state index in [9.17, 15) is 9.59 Å². The van der Waals surface area contributed by atoms with E-state index in [0.717, 1.165) is 19.0 Å². The standard InChI is InChI=1S/C19H24N2O2/c22-17-9-10-18(23)21(17)13-12-20-14-16-8-4-5-11-19(16,20)15-6-2-1-3-7-15/h1-3,6-7,16H,4-5,8-14H2/t16-,19-/m0/s1. The van der Waals surface area contributed by atoms with Gasteiger partial charge in [0.05, 0.1) is 5.54 Å². The van der Waals surface area contributed by atoms with Gasteiger partial charge in [-0.15, -0.1) is 0 Å². The van der Waals surface area contributed by atoms with E-state index in [1.807, 2.05) is 0 Å². The molecule has 1 aromatic carbocycles. The second kappa shape index (κ2) is 5.75. The van der Waals surface area contributed by atoms with Crippen LogP contribution in [-0.2, 0) is 15.1 Å². The van der Waals surface area contributed by atoms with E-state index in [0.29, 0.717) is 19.4 Å². The van der Waals surface area contributed by atoms with E-state index in [-0.39, 0.29) is 17.4 Å². The fraction of sp³-hybridized carbons (Fsp3) is 0.579. The van der Waals surface area contributed by atoms with Crippen molar-refractivity contribution in [3.8, 4) is 0 Å². The summed E-state index contributed by atoms with van der Waals surface area (Å²) in [7, 11) is 0. The number of carbonyl (C=O) groups is 2. The van der Waals surface area contributed by atoms with Gasteiger partial charge in [-0.3, -0.25) is 19.4 Å². The molecule has 2 atom stereocenters. The maximum Gasteiger partial charge on any atom is 0.229 e. The van der Waals surface area contributed by atoms with Gasteiger partial charge in [-0.1, -0.05) is 43.2 Å². The van der Waals surface area contributed by atoms with Gasteiger partial charge in [-0.2, -0.15) is 0 Å². The van der Waals surface area contributed by atoms with Crippen molar-refractivity contribution in [3.63, 3.8) is 0 Å². The van der Waals surface area contributed by atoms with Gasteiger partial charge in [0, 0.05) is 32.5 Å². The number of fused-ring (bicyclic) bond motifs is 1. The van der Waals surface area contributed by atoms with Crippen LogP contribution in [0.4, 0.5) is 0 Å². The van der Waals surface area contributed by atoms with Crippen LogP contribution in [0.3, 0.4) is 0 Å². The van der Waals surface area contributed by atoms with Gasteiger partial charge in [0.15, 0.2) is 0 Å². The van der Waals surface area contributed by atoms with E-state index in [2.05, 4.69) is 35.2 Å². The summed E-state index contributed by atoms with van der Waals surface area (Å²) in [4.78, 5) is 27.6. The molecule has 3 fully saturated rings. The lowest BCUT2D eigenvalue weighted by Crippen LogP contribution is -2.66. The Morgan fingerprint density at radius 1 is 1.00 bits per heavy atom. The fourth-order valence-corrected chi connectivity index (χ4v) is 4.88. The van der Waals surface area contributed by atoms with Gasteiger partial charge in [0.2, 0.25) is 11.8 Å². The van der Waals surface area contributed by atoms with E-state index in [1.165, 1.54) is 36.1 Å². The van der Waals surface area contributed by atoms with Crippen LogP contribution in [0.25, 0.3) is 0 Å². The lowest BCUT2D eigenvalue weighted by molar-refractivity contribution is -0.143. The largest absolute Gasteiger partial charge is 0.291 e. The molecule has 4 rings (SSSR count). The first kappa shape index (κ1) is 14.9. The van der Waals surface area contributed by atoms with Gasteiger partial charge in [0.25, 0.3) is 0 Å². The molecule has 1 aromatic rings. The lowest BCUT2D eigenvalue weighted by atomic mass is 9.62. The van der Waals surface area contributed by atoms with Crippen molar-refractivity contribution in [2.75, 3.05) is 19.6 Å². The van der Waals surface area contributed by atoms with Crippen LogP contribution in [0.5, 0.6) is 0 Å². The molecule has 1 saturated carbocycles. The van der Waals surface area contributed by atoms with Crippen LogP contribution >= 0.6 is 0 Å². The number of rotatable bonds is 4. The number of benzene rings is 1. The number of hydrogen-bond acceptors (Lipinski definition) is 3. The molecule has 0 spiro atoms. The highest BCUT2D eigenvalue weighted by molar-refractivity contribution is 6.01. The van der Waals surface area contributed by atoms with Crippen LogP contribution in [0.1, 0.15) is 44.1 Å². The highest BCUT2D eigenvalue weighted by Gasteiger charge is 2.54. The molecule has 4 heteroatoms. The Balaban J connectivity index is 1.52. The molecule has 0 N–H and O–H groups in total. The average Bonchev–Trinajstić information content (AvgIpc) is 2.88. The minimum absolute atomic E-state index is 0.00415. The van der Waals surface area contributed by atoms with Gasteiger partial charge in [-0.05, 0) is 24.3 Å². The summed E-state index contributed by atoms with van der Waals surface area (Å²) < 4.78 is 0. The second-order valence-corrected chi connectivity index (χ2v) is 7.12. The first-order valence-electron chi connectivity index (χ1n) is 8.85. The molecule has 0 radical (unpaired) electrons. The Morgan fingerprint density at radius 3 is 2.43 bits per heavy atom. The number of hydrogen-bond donors (Lipinski definition) is 0. The monoisotopic (exact) mass is 312 g/mol. The zero-order valence-corrected chi connectivity index (χ0v) is 13.5. The van der Waals surface area contributed by atoms with E-state index in [4.69, 9.17) is 0 Å². The molecule has 1 aliphatic carbocycles. The zero-order chi connectivity index (χ0) is 15.9. The Kier molecular flexibility index (Phi) is 3.72. The van der Waals surface area contributed by atoms with Crippen LogP contribution in [-0.4, -0.2) is 41.2 Å². The highest BCUT2D eigenvalue weighted by Crippen LogP contribution is 2.53. The molecule has 3 aliphatic rings. The van der Waals surface area contributed by atoms with Crippen LogP contribution in [0.15, 0.2) is 30.3 Å². The Bertz CT molecular complexity index is 599. The molecule has 4 nitrogen and oxygen atoms in total. The number of likely N-dealkylation sites (tertiary alicyclic amines) is 2. The quantitative estimate of drug-likeness (QED) is 0.802. The molecule has 2 saturated heterocycles. The van der Waals surface area contributed by atoms with Crippen molar-refractivity contribution in [3.05, 3.63) is 35.9 Å². The summed E-state index contributed by atoms with van der Waals surface area (Å²) in [6.45, 7) is 2.47. The van der Waals surface area contributed by atoms with E-state index in [1.54, 1.807) is 0 Å². The minimum atomic E-state index is 0.00415. The average molecular weight is 312 g/mol. The van der Waals surface area contributed by atoms with Crippen molar-refractivity contribution in [1.29, 1.82) is 0 Å². The number of imide groups is 1. The Morgan fingerprint density at radius 2 is 1.74 bits per heavy atom. The topological polar surface area (TPSA) is 40.6 Å². The number of amides is 2. The van der Waals surface area contributed by atoms with Crippen molar-refractivity contribution in [2.45, 2.75) is 44.1 Å². The normalized spacial score (nSPS) is 31.1. The van der Waals surface area contributed by atoms with Crippen molar-refractivity contribution in [2.24, 2.45) is 5.92 Å². The summed E-state index contributed by atoms with van der Waals surface area (Å²) in [5.74, 6) is 0.734. The Hall–Kier alpha value is -1.68. The van der Waals surface area contributed by atoms with Crippen LogP contribution in [0, 0.1) is 5.92 Å². The van der Waals surface area contributed by atoms with Crippen LogP contribution < -0.4 is 0 Å². The molecule has 122 valence electrons. The van der Waals surface area contributed by atoms with E-state index < -0.39 is 0 Å². The summed E-state index contributed by atoms with van der Waals surface area (Å²) in [6.07, 6.45) is 5.88. The molecular weight excluding hydrogens is 288 g/mol. The van der Waals surface area contributed by atoms with Gasteiger partial charge in [-0.25, -0.2) is 0 Å². The molecule has 0 aromatic heterocycles. The van der Waals surface area contributed by atoms with Crippen molar-refractivity contribution >= 4 is 11.8 Å². The van der Waals surface area contributed by atoms with Gasteiger partial charge >= 0.3 is 0 Å². The first-order valence-corrected chi connectivity index (χ1v) is 8.85. The summed E-state index contributed by atoms with van der Waals surface area (Å²) in [5.41, 5.74) is 1.56. The fourth-order valence-electron chi connectivity index (χ4n) is 4.88. The molecule has 2 aliphatic heterocycles. The van der Waals surface area contributed by atoms with E-state index >= 15 is 0 Å². The first-order chi connectivity index (χ1) is 11.2. The third-order valence-electron chi connectivity index (χ3n) is 6.06. The molecule has 2 heterocycles. The summed E-state index contributed by atoms with van der Waals surface area (Å²) in [6, 6.07) is 10.8. The smallest absolute Gasteiger partial charge is 0.229 e. The third-order valence-corrected chi connectivity index (χ3v) is 6.06. The SMILES string of the molecule is O=C1CCC(=O)N1CCN1C[C@@H]2CCCC[C@]21c1ccccc1. The lowest BCUT2D eigenvalue weighted by Gasteiger charge is -2.62.